The number of benzene rings is 1. The second-order valence-corrected chi connectivity index (χ2v) is 5.17. The fraction of sp³-hybridized carbons (Fsp3) is 0.462. The van der Waals surface area contributed by atoms with Crippen LogP contribution in [0.3, 0.4) is 0 Å². The summed E-state index contributed by atoms with van der Waals surface area (Å²) in [5.74, 6) is -0.668. The van der Waals surface area contributed by atoms with Gasteiger partial charge in [-0.25, -0.2) is 4.39 Å². The summed E-state index contributed by atoms with van der Waals surface area (Å²) in [4.78, 5) is 11.7. The van der Waals surface area contributed by atoms with Crippen LogP contribution < -0.4 is 10.6 Å². The van der Waals surface area contributed by atoms with Crippen molar-refractivity contribution in [1.82, 2.24) is 5.32 Å². The molecule has 106 valence electrons. The highest BCUT2D eigenvalue weighted by Crippen LogP contribution is 2.31. The number of carbonyl (C=O) groups is 1. The lowest BCUT2D eigenvalue weighted by Gasteiger charge is -2.14. The Morgan fingerprint density at radius 3 is 2.47 bits per heavy atom. The predicted octanol–water partition coefficient (Wildman–Crippen LogP) is 3.85. The van der Waals surface area contributed by atoms with Crippen LogP contribution in [0.4, 0.5) is 10.1 Å². The largest absolute Gasteiger partial charge is 0.374 e. The molecule has 1 rings (SSSR count). The zero-order valence-electron chi connectivity index (χ0n) is 10.9. The maximum absolute atomic E-state index is 13.0. The van der Waals surface area contributed by atoms with E-state index in [4.69, 9.17) is 23.2 Å². The second kappa shape index (κ2) is 7.56. The van der Waals surface area contributed by atoms with Crippen LogP contribution in [-0.2, 0) is 4.79 Å². The first kappa shape index (κ1) is 16.1. The van der Waals surface area contributed by atoms with E-state index in [2.05, 4.69) is 17.6 Å². The van der Waals surface area contributed by atoms with Crippen LogP contribution in [0.5, 0.6) is 0 Å². The van der Waals surface area contributed by atoms with Crippen LogP contribution in [0.1, 0.15) is 26.7 Å². The molecule has 0 fully saturated rings. The van der Waals surface area contributed by atoms with E-state index in [1.165, 1.54) is 0 Å². The molecule has 19 heavy (non-hydrogen) atoms. The lowest BCUT2D eigenvalue weighted by atomic mass is 10.2. The minimum Gasteiger partial charge on any atom is -0.374 e. The third kappa shape index (κ3) is 5.25. The van der Waals surface area contributed by atoms with Crippen molar-refractivity contribution < 1.29 is 9.18 Å². The molecule has 1 atom stereocenters. The Kier molecular flexibility index (Phi) is 6.38. The van der Waals surface area contributed by atoms with E-state index in [1.54, 1.807) is 0 Å². The van der Waals surface area contributed by atoms with Crippen LogP contribution in [0.2, 0.25) is 10.0 Å². The van der Waals surface area contributed by atoms with Crippen LogP contribution in [0.25, 0.3) is 0 Å². The van der Waals surface area contributed by atoms with Gasteiger partial charge in [0.25, 0.3) is 0 Å². The molecule has 0 aromatic heterocycles. The molecular weight excluding hydrogens is 290 g/mol. The number of anilines is 1. The van der Waals surface area contributed by atoms with E-state index in [9.17, 15) is 9.18 Å². The van der Waals surface area contributed by atoms with E-state index < -0.39 is 5.82 Å². The molecule has 0 aliphatic heterocycles. The van der Waals surface area contributed by atoms with Gasteiger partial charge in [-0.05, 0) is 25.5 Å². The summed E-state index contributed by atoms with van der Waals surface area (Å²) >= 11 is 11.7. The Labute approximate surface area is 122 Å². The average molecular weight is 307 g/mol. The first-order chi connectivity index (χ1) is 8.93. The molecule has 1 amide bonds. The highest BCUT2D eigenvalue weighted by atomic mass is 35.5. The Hall–Kier alpha value is -1.00. The molecule has 0 heterocycles. The molecule has 0 aliphatic carbocycles. The summed E-state index contributed by atoms with van der Waals surface area (Å²) in [7, 11) is 0. The molecule has 1 aromatic rings. The third-order valence-corrected chi connectivity index (χ3v) is 3.16. The maximum Gasteiger partial charge on any atom is 0.239 e. The lowest BCUT2D eigenvalue weighted by Crippen LogP contribution is -2.36. The van der Waals surface area contributed by atoms with Crippen LogP contribution >= 0.6 is 23.2 Å². The number of halogens is 3. The summed E-state index contributed by atoms with van der Waals surface area (Å²) in [5, 5.41) is 5.96. The molecule has 0 aliphatic rings. The Morgan fingerprint density at radius 1 is 1.37 bits per heavy atom. The highest BCUT2D eigenvalue weighted by molar-refractivity contribution is 6.39. The molecule has 0 saturated heterocycles. The maximum atomic E-state index is 13.0. The standard InChI is InChI=1S/C13H17Cl2FN2O/c1-3-4-8(2)18-12(19)7-17-13-10(14)5-9(16)6-11(13)15/h5-6,8,17H,3-4,7H2,1-2H3,(H,18,19). The minimum atomic E-state index is -0.512. The molecule has 1 aromatic carbocycles. The van der Waals surface area contributed by atoms with E-state index in [1.807, 2.05) is 6.92 Å². The van der Waals surface area contributed by atoms with Crippen molar-refractivity contribution in [2.24, 2.45) is 0 Å². The van der Waals surface area contributed by atoms with Crippen LogP contribution in [-0.4, -0.2) is 18.5 Å². The van der Waals surface area contributed by atoms with Gasteiger partial charge >= 0.3 is 0 Å². The fourth-order valence-electron chi connectivity index (χ4n) is 1.71. The number of hydrogen-bond donors (Lipinski definition) is 2. The van der Waals surface area contributed by atoms with Gasteiger partial charge in [-0.2, -0.15) is 0 Å². The van der Waals surface area contributed by atoms with Crippen molar-refractivity contribution in [2.75, 3.05) is 11.9 Å². The van der Waals surface area contributed by atoms with Crippen molar-refractivity contribution in [2.45, 2.75) is 32.7 Å². The van der Waals surface area contributed by atoms with E-state index in [0.717, 1.165) is 25.0 Å². The van der Waals surface area contributed by atoms with Crippen molar-refractivity contribution in [3.05, 3.63) is 28.0 Å². The topological polar surface area (TPSA) is 41.1 Å². The van der Waals surface area contributed by atoms with Gasteiger partial charge in [-0.3, -0.25) is 4.79 Å². The van der Waals surface area contributed by atoms with Gasteiger partial charge in [0.1, 0.15) is 5.82 Å². The number of carbonyl (C=O) groups excluding carboxylic acids is 1. The molecule has 0 saturated carbocycles. The smallest absolute Gasteiger partial charge is 0.239 e. The zero-order valence-corrected chi connectivity index (χ0v) is 12.4. The predicted molar refractivity (Wildman–Crippen MR) is 77.4 cm³/mol. The first-order valence-electron chi connectivity index (χ1n) is 6.11. The Morgan fingerprint density at radius 2 is 1.95 bits per heavy atom. The van der Waals surface area contributed by atoms with Gasteiger partial charge in [0.15, 0.2) is 0 Å². The highest BCUT2D eigenvalue weighted by Gasteiger charge is 2.11. The van der Waals surface area contributed by atoms with Gasteiger partial charge in [0.05, 0.1) is 22.3 Å². The molecule has 0 radical (unpaired) electrons. The molecule has 0 spiro atoms. The van der Waals surface area contributed by atoms with E-state index >= 15 is 0 Å². The molecule has 1 unspecified atom stereocenters. The second-order valence-electron chi connectivity index (χ2n) is 4.36. The molecular formula is C13H17Cl2FN2O. The summed E-state index contributed by atoms with van der Waals surface area (Å²) in [5.41, 5.74) is 0.364. The van der Waals surface area contributed by atoms with Gasteiger partial charge < -0.3 is 10.6 Å². The van der Waals surface area contributed by atoms with E-state index in [-0.39, 0.29) is 28.5 Å². The van der Waals surface area contributed by atoms with Crippen molar-refractivity contribution in [3.63, 3.8) is 0 Å². The average Bonchev–Trinajstić information content (AvgIpc) is 2.27. The summed E-state index contributed by atoms with van der Waals surface area (Å²) < 4.78 is 13.0. The summed E-state index contributed by atoms with van der Waals surface area (Å²) in [6.45, 7) is 4.04. The van der Waals surface area contributed by atoms with Crippen molar-refractivity contribution in [1.29, 1.82) is 0 Å². The number of rotatable bonds is 6. The number of hydrogen-bond acceptors (Lipinski definition) is 2. The monoisotopic (exact) mass is 306 g/mol. The first-order valence-corrected chi connectivity index (χ1v) is 6.87. The fourth-order valence-corrected chi connectivity index (χ4v) is 2.30. The van der Waals surface area contributed by atoms with Gasteiger partial charge in [0, 0.05) is 6.04 Å². The van der Waals surface area contributed by atoms with Crippen molar-refractivity contribution >= 4 is 34.8 Å². The molecule has 6 heteroatoms. The Bertz CT molecular complexity index is 431. The summed E-state index contributed by atoms with van der Waals surface area (Å²) in [6.07, 6.45) is 1.92. The van der Waals surface area contributed by atoms with Crippen LogP contribution in [0.15, 0.2) is 12.1 Å². The van der Waals surface area contributed by atoms with Gasteiger partial charge in [-0.1, -0.05) is 36.5 Å². The SMILES string of the molecule is CCCC(C)NC(=O)CNc1c(Cl)cc(F)cc1Cl. The number of amides is 1. The number of nitrogens with one attached hydrogen (secondary N) is 2. The van der Waals surface area contributed by atoms with E-state index in [0.29, 0.717) is 5.69 Å². The minimum absolute atomic E-state index is 0.0408. The summed E-state index contributed by atoms with van der Waals surface area (Å²) in [6, 6.07) is 2.42. The van der Waals surface area contributed by atoms with Gasteiger partial charge in [0.2, 0.25) is 5.91 Å². The molecule has 2 N–H and O–H groups in total. The Balaban J connectivity index is 2.55. The quantitative estimate of drug-likeness (QED) is 0.838. The lowest BCUT2D eigenvalue weighted by molar-refractivity contribution is -0.120. The van der Waals surface area contributed by atoms with Gasteiger partial charge in [-0.15, -0.1) is 0 Å². The zero-order chi connectivity index (χ0) is 14.4. The third-order valence-electron chi connectivity index (χ3n) is 2.56. The normalized spacial score (nSPS) is 12.1. The molecule has 0 bridgehead atoms. The van der Waals surface area contributed by atoms with Crippen LogP contribution in [0, 0.1) is 5.82 Å². The molecule has 3 nitrogen and oxygen atoms in total. The van der Waals surface area contributed by atoms with Crippen molar-refractivity contribution in [3.8, 4) is 0 Å².